The van der Waals surface area contributed by atoms with Gasteiger partial charge in [-0.2, -0.15) is 14.5 Å². The van der Waals surface area contributed by atoms with Crippen molar-refractivity contribution in [2.24, 2.45) is 0 Å². The summed E-state index contributed by atoms with van der Waals surface area (Å²) in [4.78, 5) is 0. The molecule has 0 spiro atoms. The molecule has 3 nitrogen and oxygen atoms in total. The molecule has 0 atom stereocenters. The molecule has 1 heterocycles. The zero-order valence-electron chi connectivity index (χ0n) is 17.9. The van der Waals surface area contributed by atoms with Crippen LogP contribution in [0.4, 0.5) is 13.2 Å². The Balaban J connectivity index is 0.000000188. The first-order valence-electron chi connectivity index (χ1n) is 11.3. The van der Waals surface area contributed by atoms with E-state index in [9.17, 15) is 13.2 Å². The minimum absolute atomic E-state index is 0.602. The Morgan fingerprint density at radius 2 is 1.25 bits per heavy atom. The molecule has 4 rings (SSSR count). The normalized spacial score (nSPS) is 18.5. The first-order valence-corrected chi connectivity index (χ1v) is 14.3. The molecule has 1 aromatic carbocycles. The number of benzene rings is 1. The molecule has 2 aliphatic carbocycles. The van der Waals surface area contributed by atoms with E-state index in [0.29, 0.717) is 6.54 Å². The molecule has 2 saturated carbocycles. The first kappa shape index (κ1) is 26.9. The number of rotatable bonds is 4. The fraction of sp³-hybridized carbons (Fsp3) is 0.609. The molecule has 2 aliphatic rings. The molecule has 182 valence electrons. The molecule has 0 amide bonds. The van der Waals surface area contributed by atoms with Gasteiger partial charge in [0.2, 0.25) is 0 Å². The van der Waals surface area contributed by atoms with E-state index in [1.165, 1.54) is 80.1 Å². The van der Waals surface area contributed by atoms with Gasteiger partial charge in [-0.25, -0.2) is 0 Å². The summed E-state index contributed by atoms with van der Waals surface area (Å²) in [5.74, 6) is 0. The summed E-state index contributed by atoms with van der Waals surface area (Å²) in [7, 11) is 0. The van der Waals surface area contributed by atoms with Crippen molar-refractivity contribution in [2.75, 3.05) is 0 Å². The van der Waals surface area contributed by atoms with Crippen molar-refractivity contribution in [3.63, 3.8) is 0 Å². The molecule has 0 N–H and O–H groups in total. The molecular weight excluding hydrogens is 824 g/mol. The third-order valence-corrected chi connectivity index (χ3v) is 8.16. The first-order chi connectivity index (χ1) is 15.3. The van der Waals surface area contributed by atoms with Crippen molar-refractivity contribution in [3.8, 4) is 0 Å². The quantitative estimate of drug-likeness (QED) is 0.222. The van der Waals surface area contributed by atoms with Gasteiger partial charge in [0.25, 0.3) is 0 Å². The molecule has 0 unspecified atom stereocenters. The van der Waals surface area contributed by atoms with Crippen LogP contribution in [0.1, 0.15) is 87.4 Å². The molecule has 9 heteroatoms. The van der Waals surface area contributed by atoms with Crippen LogP contribution in [-0.4, -0.2) is 10.5 Å². The van der Waals surface area contributed by atoms with Crippen LogP contribution < -0.4 is 0 Å². The Morgan fingerprint density at radius 1 is 0.812 bits per heavy atom. The Kier molecular flexibility index (Phi) is 10.8. The van der Waals surface area contributed by atoms with E-state index < -0.39 is 11.7 Å². The fourth-order valence-electron chi connectivity index (χ4n) is 4.57. The summed E-state index contributed by atoms with van der Waals surface area (Å²) in [6, 6.07) is 6.74. The molecular formula is C23H30F3I2N3Pt. The van der Waals surface area contributed by atoms with E-state index >= 15 is 0 Å². The SMILES string of the molecule is FC(F)(F)c1ccc(CN(I)I)cc1.[Pt]=[c]1n(C2CCCCC2)ccn1C1CCCCC1. The van der Waals surface area contributed by atoms with Gasteiger partial charge in [-0.15, -0.1) is 0 Å². The van der Waals surface area contributed by atoms with Crippen molar-refractivity contribution in [2.45, 2.75) is 89.0 Å². The van der Waals surface area contributed by atoms with E-state index in [-0.39, 0.29) is 0 Å². The van der Waals surface area contributed by atoms with Crippen molar-refractivity contribution in [3.05, 3.63) is 51.6 Å². The summed E-state index contributed by atoms with van der Waals surface area (Å²) < 4.78 is 44.9. The molecule has 32 heavy (non-hydrogen) atoms. The van der Waals surface area contributed by atoms with Crippen LogP contribution in [0.15, 0.2) is 36.7 Å². The molecule has 2 aromatic rings. The topological polar surface area (TPSA) is 13.1 Å². The van der Waals surface area contributed by atoms with Crippen LogP contribution in [0, 0.1) is 3.80 Å². The van der Waals surface area contributed by atoms with Crippen molar-refractivity contribution in [1.29, 1.82) is 0 Å². The fourth-order valence-corrected chi connectivity index (χ4v) is 6.52. The molecule has 0 aliphatic heterocycles. The third kappa shape index (κ3) is 7.94. The van der Waals surface area contributed by atoms with Crippen molar-refractivity contribution in [1.82, 2.24) is 10.5 Å². The summed E-state index contributed by atoms with van der Waals surface area (Å²) in [6.45, 7) is 0.624. The average Bonchev–Trinajstić information content (AvgIpc) is 3.16. The summed E-state index contributed by atoms with van der Waals surface area (Å²) in [5, 5.41) is 0. The van der Waals surface area contributed by atoms with Gasteiger partial charge < -0.3 is 0 Å². The molecule has 2 fully saturated rings. The van der Waals surface area contributed by atoms with Gasteiger partial charge in [-0.1, -0.05) is 12.1 Å². The van der Waals surface area contributed by atoms with Gasteiger partial charge in [0, 0.05) is 52.3 Å². The van der Waals surface area contributed by atoms with Crippen LogP contribution in [0.25, 0.3) is 0 Å². The summed E-state index contributed by atoms with van der Waals surface area (Å²) >= 11 is 6.69. The predicted octanol–water partition coefficient (Wildman–Crippen LogP) is 8.59. The van der Waals surface area contributed by atoms with Gasteiger partial charge in [-0.3, -0.25) is 0 Å². The van der Waals surface area contributed by atoms with Crippen LogP contribution in [0.5, 0.6) is 0 Å². The van der Waals surface area contributed by atoms with Gasteiger partial charge in [0.15, 0.2) is 0 Å². The van der Waals surface area contributed by atoms with Gasteiger partial charge in [0.1, 0.15) is 0 Å². The number of nitrogens with zero attached hydrogens (tertiary/aromatic N) is 3. The zero-order chi connectivity index (χ0) is 23.1. The number of imidazole rings is 1. The second kappa shape index (κ2) is 12.9. The maximum atomic E-state index is 12.2. The Labute approximate surface area is 227 Å². The Bertz CT molecular complexity index is 843. The summed E-state index contributed by atoms with van der Waals surface area (Å²) in [5.41, 5.74) is 0.261. The van der Waals surface area contributed by atoms with Crippen molar-refractivity contribution >= 4 is 45.7 Å². The number of alkyl halides is 3. The van der Waals surface area contributed by atoms with Gasteiger partial charge in [0.05, 0.1) is 5.56 Å². The van der Waals surface area contributed by atoms with E-state index in [1.54, 1.807) is 0 Å². The number of hydrogen-bond donors (Lipinski definition) is 0. The van der Waals surface area contributed by atoms with E-state index in [4.69, 9.17) is 0 Å². The maximum absolute atomic E-state index is 12.2. The Hall–Kier alpha value is 0.328. The molecule has 0 saturated heterocycles. The van der Waals surface area contributed by atoms with Crippen LogP contribution in [-0.2, 0) is 32.1 Å². The zero-order valence-corrected chi connectivity index (χ0v) is 24.5. The van der Waals surface area contributed by atoms with E-state index in [1.807, 2.05) is 1.33 Å². The number of halogens is 5. The predicted molar refractivity (Wildman–Crippen MR) is 135 cm³/mol. The minimum atomic E-state index is -4.24. The Morgan fingerprint density at radius 3 is 1.62 bits per heavy atom. The van der Waals surface area contributed by atoms with Gasteiger partial charge in [-0.05, 0) is 17.7 Å². The number of hydrogen-bond acceptors (Lipinski definition) is 1. The monoisotopic (exact) mass is 854 g/mol. The molecule has 1 aromatic heterocycles. The second-order valence-electron chi connectivity index (χ2n) is 8.59. The second-order valence-corrected chi connectivity index (χ2v) is 13.8. The van der Waals surface area contributed by atoms with E-state index in [0.717, 1.165) is 29.8 Å². The molecule has 0 radical (unpaired) electrons. The third-order valence-electron chi connectivity index (χ3n) is 6.30. The molecule has 0 bridgehead atoms. The number of aromatic nitrogens is 2. The summed E-state index contributed by atoms with van der Waals surface area (Å²) in [6.07, 6.45) is 14.5. The van der Waals surface area contributed by atoms with E-state index in [2.05, 4.69) is 86.6 Å². The van der Waals surface area contributed by atoms with Crippen molar-refractivity contribution < 1.29 is 32.5 Å². The van der Waals surface area contributed by atoms with Crippen LogP contribution in [0.3, 0.4) is 0 Å². The van der Waals surface area contributed by atoms with Crippen LogP contribution in [0.2, 0.25) is 0 Å². The van der Waals surface area contributed by atoms with Crippen LogP contribution >= 0.6 is 45.7 Å². The standard InChI is InChI=1S/C15H24N2.C8H6F3I2N.Pt/c1-3-7-14(8-4-1)16-11-12-17(13-16)15-9-5-2-6-10-15;9-8(10,11)7-3-1-6(2-4-7)5-14(12)13;/h11-12,14-15H,1-10H2;1-4H,5H2;. The van der Waals surface area contributed by atoms with Gasteiger partial charge >= 0.3 is 127 Å². The average molecular weight is 854 g/mol.